The summed E-state index contributed by atoms with van der Waals surface area (Å²) in [6.07, 6.45) is 2.22. The third-order valence-corrected chi connectivity index (χ3v) is 5.72. The molecule has 136 valence electrons. The van der Waals surface area contributed by atoms with Gasteiger partial charge in [-0.3, -0.25) is 4.79 Å². The Morgan fingerprint density at radius 2 is 1.96 bits per heavy atom. The molecule has 1 fully saturated rings. The van der Waals surface area contributed by atoms with E-state index in [1.807, 2.05) is 0 Å². The molecule has 1 atom stereocenters. The van der Waals surface area contributed by atoms with Crippen LogP contribution in [0.15, 0.2) is 12.1 Å². The summed E-state index contributed by atoms with van der Waals surface area (Å²) in [6, 6.07) is 4.69. The fraction of sp³-hybridized carbons (Fsp3) is 0.571. The van der Waals surface area contributed by atoms with Gasteiger partial charge in [0.15, 0.2) is 0 Å². The SMILES string of the molecule is CCN(CC)CC1CCCN1C(=O)c1[nH]c2c(C)cc(C)cc2c1C. The summed E-state index contributed by atoms with van der Waals surface area (Å²) in [6.45, 7) is 14.6. The van der Waals surface area contributed by atoms with Crippen LogP contribution in [-0.2, 0) is 0 Å². The zero-order chi connectivity index (χ0) is 18.1. The largest absolute Gasteiger partial charge is 0.350 e. The van der Waals surface area contributed by atoms with Crippen LogP contribution in [0, 0.1) is 20.8 Å². The first-order valence-corrected chi connectivity index (χ1v) is 9.59. The topological polar surface area (TPSA) is 39.3 Å². The van der Waals surface area contributed by atoms with Crippen LogP contribution in [0.3, 0.4) is 0 Å². The number of nitrogens with one attached hydrogen (secondary N) is 1. The van der Waals surface area contributed by atoms with Crippen molar-refractivity contribution in [2.75, 3.05) is 26.2 Å². The highest BCUT2D eigenvalue weighted by Gasteiger charge is 2.32. The summed E-state index contributed by atoms with van der Waals surface area (Å²) in [5, 5.41) is 1.18. The van der Waals surface area contributed by atoms with Crippen molar-refractivity contribution in [3.8, 4) is 0 Å². The van der Waals surface area contributed by atoms with Crippen LogP contribution in [0.5, 0.6) is 0 Å². The van der Waals surface area contributed by atoms with E-state index in [9.17, 15) is 4.79 Å². The van der Waals surface area contributed by atoms with Crippen molar-refractivity contribution in [3.05, 3.63) is 34.5 Å². The molecular formula is C21H31N3O. The number of likely N-dealkylation sites (tertiary alicyclic amines) is 1. The molecule has 0 radical (unpaired) electrons. The predicted molar refractivity (Wildman–Crippen MR) is 104 cm³/mol. The number of rotatable bonds is 5. The van der Waals surface area contributed by atoms with Crippen molar-refractivity contribution < 1.29 is 4.79 Å². The van der Waals surface area contributed by atoms with Gasteiger partial charge in [-0.05, 0) is 63.9 Å². The number of nitrogens with zero attached hydrogens (tertiary/aromatic N) is 2. The van der Waals surface area contributed by atoms with Crippen molar-refractivity contribution in [2.45, 2.75) is 53.5 Å². The number of aromatic nitrogens is 1. The van der Waals surface area contributed by atoms with Gasteiger partial charge in [0.1, 0.15) is 5.69 Å². The van der Waals surface area contributed by atoms with Crippen molar-refractivity contribution in [3.63, 3.8) is 0 Å². The lowest BCUT2D eigenvalue weighted by molar-refractivity contribution is 0.0698. The van der Waals surface area contributed by atoms with Crippen molar-refractivity contribution >= 4 is 16.8 Å². The van der Waals surface area contributed by atoms with E-state index in [1.54, 1.807) is 0 Å². The summed E-state index contributed by atoms with van der Waals surface area (Å²) in [5.41, 5.74) is 5.41. The van der Waals surface area contributed by atoms with Crippen LogP contribution in [0.1, 0.15) is 53.9 Å². The molecule has 1 saturated heterocycles. The molecule has 3 rings (SSSR count). The van der Waals surface area contributed by atoms with E-state index >= 15 is 0 Å². The van der Waals surface area contributed by atoms with Crippen LogP contribution >= 0.6 is 0 Å². The Bertz CT molecular complexity index is 773. The number of fused-ring (bicyclic) bond motifs is 1. The second-order valence-corrected chi connectivity index (χ2v) is 7.41. The van der Waals surface area contributed by atoms with Gasteiger partial charge >= 0.3 is 0 Å². The second-order valence-electron chi connectivity index (χ2n) is 7.41. The second kappa shape index (κ2) is 7.20. The van der Waals surface area contributed by atoms with E-state index < -0.39 is 0 Å². The maximum absolute atomic E-state index is 13.3. The highest BCUT2D eigenvalue weighted by atomic mass is 16.2. The molecule has 1 unspecified atom stereocenters. The minimum atomic E-state index is 0.167. The summed E-state index contributed by atoms with van der Waals surface area (Å²) in [5.74, 6) is 0.167. The Hall–Kier alpha value is -1.81. The lowest BCUT2D eigenvalue weighted by atomic mass is 10.1. The Morgan fingerprint density at radius 1 is 1.24 bits per heavy atom. The quantitative estimate of drug-likeness (QED) is 0.891. The number of carbonyl (C=O) groups excluding carboxylic acids is 1. The molecule has 0 aliphatic carbocycles. The monoisotopic (exact) mass is 341 g/mol. The van der Waals surface area contributed by atoms with Gasteiger partial charge in [0.2, 0.25) is 0 Å². The van der Waals surface area contributed by atoms with Crippen LogP contribution in [0.25, 0.3) is 10.9 Å². The number of amides is 1. The van der Waals surface area contributed by atoms with Gasteiger partial charge in [0, 0.05) is 30.0 Å². The number of hydrogen-bond acceptors (Lipinski definition) is 2. The third kappa shape index (κ3) is 3.32. The fourth-order valence-corrected chi connectivity index (χ4v) is 4.21. The van der Waals surface area contributed by atoms with Crippen LogP contribution in [0.2, 0.25) is 0 Å². The van der Waals surface area contributed by atoms with E-state index in [4.69, 9.17) is 0 Å². The van der Waals surface area contributed by atoms with Crippen molar-refractivity contribution in [1.29, 1.82) is 0 Å². The Morgan fingerprint density at radius 3 is 2.64 bits per heavy atom. The van der Waals surface area contributed by atoms with Gasteiger partial charge < -0.3 is 14.8 Å². The Balaban J connectivity index is 1.91. The molecule has 0 spiro atoms. The highest BCUT2D eigenvalue weighted by molar-refractivity contribution is 6.02. The smallest absolute Gasteiger partial charge is 0.270 e. The van der Waals surface area contributed by atoms with Crippen LogP contribution in [-0.4, -0.2) is 52.9 Å². The van der Waals surface area contributed by atoms with Crippen LogP contribution < -0.4 is 0 Å². The molecule has 4 heteroatoms. The maximum atomic E-state index is 13.3. The number of aryl methyl sites for hydroxylation is 3. The fourth-order valence-electron chi connectivity index (χ4n) is 4.21. The summed E-state index contributed by atoms with van der Waals surface area (Å²) in [7, 11) is 0. The lowest BCUT2D eigenvalue weighted by Crippen LogP contribution is -2.43. The zero-order valence-electron chi connectivity index (χ0n) is 16.3. The first-order chi connectivity index (χ1) is 12.0. The minimum Gasteiger partial charge on any atom is -0.350 e. The zero-order valence-corrected chi connectivity index (χ0v) is 16.3. The average molecular weight is 341 g/mol. The van der Waals surface area contributed by atoms with Gasteiger partial charge in [-0.2, -0.15) is 0 Å². The molecule has 1 amide bonds. The number of aromatic amines is 1. The van der Waals surface area contributed by atoms with Crippen molar-refractivity contribution in [1.82, 2.24) is 14.8 Å². The van der Waals surface area contributed by atoms with E-state index in [2.05, 4.69) is 61.5 Å². The van der Waals surface area contributed by atoms with Gasteiger partial charge in [-0.1, -0.05) is 25.5 Å². The van der Waals surface area contributed by atoms with Crippen molar-refractivity contribution in [2.24, 2.45) is 0 Å². The maximum Gasteiger partial charge on any atom is 0.270 e. The third-order valence-electron chi connectivity index (χ3n) is 5.72. The summed E-state index contributed by atoms with van der Waals surface area (Å²) >= 11 is 0. The first kappa shape index (κ1) is 18.0. The van der Waals surface area contributed by atoms with Gasteiger partial charge in [0.25, 0.3) is 5.91 Å². The van der Waals surface area contributed by atoms with Crippen LogP contribution in [0.4, 0.5) is 0 Å². The molecule has 1 aliphatic heterocycles. The number of likely N-dealkylation sites (N-methyl/N-ethyl adjacent to an activating group) is 1. The molecule has 2 heterocycles. The first-order valence-electron chi connectivity index (χ1n) is 9.59. The number of benzene rings is 1. The number of hydrogen-bond donors (Lipinski definition) is 1. The molecule has 4 nitrogen and oxygen atoms in total. The van der Waals surface area contributed by atoms with E-state index in [1.165, 1.54) is 16.5 Å². The molecule has 1 aliphatic rings. The van der Waals surface area contributed by atoms with E-state index in [0.29, 0.717) is 6.04 Å². The minimum absolute atomic E-state index is 0.167. The molecule has 0 saturated carbocycles. The highest BCUT2D eigenvalue weighted by Crippen LogP contribution is 2.29. The number of H-pyrrole nitrogens is 1. The Kier molecular flexibility index (Phi) is 5.19. The Labute approximate surface area is 151 Å². The average Bonchev–Trinajstić information content (AvgIpc) is 3.17. The summed E-state index contributed by atoms with van der Waals surface area (Å²) < 4.78 is 0. The lowest BCUT2D eigenvalue weighted by Gasteiger charge is -2.29. The predicted octanol–water partition coefficient (Wildman–Crippen LogP) is 4.04. The van der Waals surface area contributed by atoms with E-state index in [-0.39, 0.29) is 5.91 Å². The molecule has 1 aromatic carbocycles. The molecule has 2 aromatic rings. The van der Waals surface area contributed by atoms with E-state index in [0.717, 1.165) is 55.8 Å². The summed E-state index contributed by atoms with van der Waals surface area (Å²) in [4.78, 5) is 21.2. The molecular weight excluding hydrogens is 310 g/mol. The molecule has 25 heavy (non-hydrogen) atoms. The van der Waals surface area contributed by atoms with Gasteiger partial charge in [-0.15, -0.1) is 0 Å². The molecule has 0 bridgehead atoms. The standard InChI is InChI=1S/C21H31N3O/c1-6-23(7-2)13-17-9-8-10-24(17)21(25)20-16(5)18-12-14(3)11-15(4)19(18)22-20/h11-12,17,22H,6-10,13H2,1-5H3. The van der Waals surface area contributed by atoms with Gasteiger partial charge in [-0.25, -0.2) is 0 Å². The molecule has 1 aromatic heterocycles. The van der Waals surface area contributed by atoms with Gasteiger partial charge in [0.05, 0.1) is 0 Å². The normalized spacial score (nSPS) is 17.8. The number of carbonyl (C=O) groups is 1. The molecule has 1 N–H and O–H groups in total.